The zero-order valence-electron chi connectivity index (χ0n) is 12.4. The smallest absolute Gasteiger partial charge is 0.317 e. The second kappa shape index (κ2) is 8.43. The lowest BCUT2D eigenvalue weighted by atomic mass is 10.1. The van der Waals surface area contributed by atoms with Gasteiger partial charge in [-0.3, -0.25) is 0 Å². The minimum absolute atomic E-state index is 0.117. The first-order valence-electron chi connectivity index (χ1n) is 6.83. The van der Waals surface area contributed by atoms with E-state index in [2.05, 4.69) is 5.32 Å². The van der Waals surface area contributed by atoms with E-state index in [1.54, 1.807) is 26.0 Å². The molecular weight excluding hydrogens is 256 g/mol. The second-order valence-electron chi connectivity index (χ2n) is 4.89. The third-order valence-electron chi connectivity index (χ3n) is 3.05. The minimum atomic E-state index is -0.387. The van der Waals surface area contributed by atoms with Crippen LogP contribution in [0.4, 0.5) is 4.79 Å². The highest BCUT2D eigenvalue weighted by molar-refractivity contribution is 5.73. The number of nitrogens with one attached hydrogen (secondary N) is 1. The quantitative estimate of drug-likeness (QED) is 0.798. The number of benzene rings is 1. The van der Waals surface area contributed by atoms with Crippen molar-refractivity contribution >= 4 is 6.03 Å². The lowest BCUT2D eigenvalue weighted by Crippen LogP contribution is -2.39. The molecule has 0 aromatic heterocycles. The summed E-state index contributed by atoms with van der Waals surface area (Å²) in [5.74, 6) is 0.822. The summed E-state index contributed by atoms with van der Waals surface area (Å²) in [5, 5.41) is 12.0. The van der Waals surface area contributed by atoms with Crippen LogP contribution >= 0.6 is 0 Å². The number of ether oxygens (including phenoxy) is 1. The van der Waals surface area contributed by atoms with Gasteiger partial charge in [-0.25, -0.2) is 4.79 Å². The molecule has 0 spiro atoms. The molecule has 0 saturated heterocycles. The molecule has 112 valence electrons. The fourth-order valence-corrected chi connectivity index (χ4v) is 1.76. The Hall–Kier alpha value is -1.75. The molecule has 0 heterocycles. The van der Waals surface area contributed by atoms with Crippen molar-refractivity contribution in [2.75, 3.05) is 27.2 Å². The van der Waals surface area contributed by atoms with Gasteiger partial charge in [0.05, 0.1) is 13.2 Å². The molecule has 0 aliphatic heterocycles. The van der Waals surface area contributed by atoms with E-state index < -0.39 is 0 Å². The fourth-order valence-electron chi connectivity index (χ4n) is 1.76. The number of amides is 2. The Morgan fingerprint density at radius 2 is 2.25 bits per heavy atom. The van der Waals surface area contributed by atoms with E-state index in [4.69, 9.17) is 4.74 Å². The van der Waals surface area contributed by atoms with Crippen LogP contribution in [0, 0.1) is 0 Å². The van der Waals surface area contributed by atoms with Crippen molar-refractivity contribution in [1.82, 2.24) is 10.2 Å². The van der Waals surface area contributed by atoms with Crippen molar-refractivity contribution < 1.29 is 14.6 Å². The van der Waals surface area contributed by atoms with E-state index in [1.807, 2.05) is 24.3 Å². The average Bonchev–Trinajstić information content (AvgIpc) is 2.44. The number of hydrogen-bond acceptors (Lipinski definition) is 3. The third-order valence-corrected chi connectivity index (χ3v) is 3.05. The Bertz CT molecular complexity index is 421. The van der Waals surface area contributed by atoms with Gasteiger partial charge < -0.3 is 20.1 Å². The molecule has 0 aliphatic rings. The Kier molecular flexibility index (Phi) is 6.87. The van der Waals surface area contributed by atoms with E-state index in [9.17, 15) is 9.90 Å². The van der Waals surface area contributed by atoms with E-state index >= 15 is 0 Å². The molecule has 1 aromatic rings. The van der Waals surface area contributed by atoms with E-state index in [0.717, 1.165) is 17.7 Å². The summed E-state index contributed by atoms with van der Waals surface area (Å²) in [5.41, 5.74) is 1.12. The highest BCUT2D eigenvalue weighted by Crippen LogP contribution is 2.12. The minimum Gasteiger partial charge on any atom is -0.497 e. The molecule has 0 radical (unpaired) electrons. The van der Waals surface area contributed by atoms with Gasteiger partial charge in [0, 0.05) is 20.1 Å². The molecule has 1 aromatic carbocycles. The lowest BCUT2D eigenvalue weighted by molar-refractivity contribution is 0.163. The van der Waals surface area contributed by atoms with E-state index in [1.165, 1.54) is 0 Å². The van der Waals surface area contributed by atoms with Crippen molar-refractivity contribution in [1.29, 1.82) is 0 Å². The van der Waals surface area contributed by atoms with Crippen molar-refractivity contribution in [3.8, 4) is 5.75 Å². The molecule has 2 amide bonds. The number of hydrogen-bond donors (Lipinski definition) is 2. The van der Waals surface area contributed by atoms with Crippen LogP contribution in [0.25, 0.3) is 0 Å². The van der Waals surface area contributed by atoms with Crippen LogP contribution in [0.15, 0.2) is 24.3 Å². The summed E-state index contributed by atoms with van der Waals surface area (Å²) >= 11 is 0. The largest absolute Gasteiger partial charge is 0.497 e. The van der Waals surface area contributed by atoms with Gasteiger partial charge in [-0.05, 0) is 37.5 Å². The molecule has 0 bridgehead atoms. The third kappa shape index (κ3) is 5.93. The first kappa shape index (κ1) is 16.3. The van der Waals surface area contributed by atoms with Crippen LogP contribution in [0.1, 0.15) is 18.9 Å². The fraction of sp³-hybridized carbons (Fsp3) is 0.533. The van der Waals surface area contributed by atoms with Gasteiger partial charge in [-0.15, -0.1) is 0 Å². The predicted octanol–water partition coefficient (Wildman–Crippen LogP) is 1.65. The van der Waals surface area contributed by atoms with Gasteiger partial charge in [0.2, 0.25) is 0 Å². The zero-order valence-corrected chi connectivity index (χ0v) is 12.4. The normalized spacial score (nSPS) is 11.8. The van der Waals surface area contributed by atoms with Crippen LogP contribution in [-0.2, 0) is 6.42 Å². The van der Waals surface area contributed by atoms with Gasteiger partial charge in [-0.1, -0.05) is 12.1 Å². The first-order chi connectivity index (χ1) is 9.52. The Balaban J connectivity index is 2.30. The summed E-state index contributed by atoms with van der Waals surface area (Å²) in [6.45, 7) is 2.84. The molecule has 20 heavy (non-hydrogen) atoms. The van der Waals surface area contributed by atoms with Gasteiger partial charge >= 0.3 is 6.03 Å². The maximum absolute atomic E-state index is 11.8. The highest BCUT2D eigenvalue weighted by Gasteiger charge is 2.08. The Morgan fingerprint density at radius 3 is 2.90 bits per heavy atom. The summed E-state index contributed by atoms with van der Waals surface area (Å²) in [7, 11) is 3.36. The summed E-state index contributed by atoms with van der Waals surface area (Å²) in [6, 6.07) is 7.68. The van der Waals surface area contributed by atoms with Crippen LogP contribution < -0.4 is 10.1 Å². The number of rotatable bonds is 7. The topological polar surface area (TPSA) is 61.8 Å². The molecule has 0 aliphatic carbocycles. The summed E-state index contributed by atoms with van der Waals surface area (Å²) < 4.78 is 5.16. The van der Waals surface area contributed by atoms with Gasteiger partial charge in [0.15, 0.2) is 0 Å². The lowest BCUT2D eigenvalue weighted by Gasteiger charge is -2.18. The molecule has 1 atom stereocenters. The highest BCUT2D eigenvalue weighted by atomic mass is 16.5. The molecule has 1 rings (SSSR count). The Labute approximate surface area is 120 Å². The SMILES string of the molecule is COc1cccc(CCNC(=O)N(C)CCC(C)O)c1. The predicted molar refractivity (Wildman–Crippen MR) is 79.0 cm³/mol. The molecule has 5 heteroatoms. The number of urea groups is 1. The van der Waals surface area contributed by atoms with Crippen LogP contribution in [0.5, 0.6) is 5.75 Å². The molecular formula is C15H24N2O3. The number of methoxy groups -OCH3 is 1. The molecule has 5 nitrogen and oxygen atoms in total. The van der Waals surface area contributed by atoms with Crippen molar-refractivity contribution in [2.45, 2.75) is 25.9 Å². The maximum Gasteiger partial charge on any atom is 0.317 e. The van der Waals surface area contributed by atoms with E-state index in [-0.39, 0.29) is 12.1 Å². The van der Waals surface area contributed by atoms with Crippen molar-refractivity contribution in [3.05, 3.63) is 29.8 Å². The molecule has 1 unspecified atom stereocenters. The molecule has 2 N–H and O–H groups in total. The number of nitrogens with zero attached hydrogens (tertiary/aromatic N) is 1. The van der Waals surface area contributed by atoms with Gasteiger partial charge in [-0.2, -0.15) is 0 Å². The maximum atomic E-state index is 11.8. The number of aliphatic hydroxyl groups is 1. The van der Waals surface area contributed by atoms with Crippen LogP contribution in [0.3, 0.4) is 0 Å². The zero-order chi connectivity index (χ0) is 15.0. The number of carbonyl (C=O) groups excluding carboxylic acids is 1. The average molecular weight is 280 g/mol. The number of aliphatic hydroxyl groups excluding tert-OH is 1. The van der Waals surface area contributed by atoms with Crippen LogP contribution in [-0.4, -0.2) is 49.4 Å². The van der Waals surface area contributed by atoms with Crippen LogP contribution in [0.2, 0.25) is 0 Å². The Morgan fingerprint density at radius 1 is 1.50 bits per heavy atom. The molecule has 0 saturated carbocycles. The first-order valence-corrected chi connectivity index (χ1v) is 6.83. The monoisotopic (exact) mass is 280 g/mol. The van der Waals surface area contributed by atoms with Crippen molar-refractivity contribution in [3.63, 3.8) is 0 Å². The van der Waals surface area contributed by atoms with Gasteiger partial charge in [0.1, 0.15) is 5.75 Å². The standard InChI is InChI=1S/C15H24N2O3/c1-12(18)8-10-17(2)15(19)16-9-7-13-5-4-6-14(11-13)20-3/h4-6,11-12,18H,7-10H2,1-3H3,(H,16,19). The van der Waals surface area contributed by atoms with Crippen molar-refractivity contribution in [2.24, 2.45) is 0 Å². The number of carbonyl (C=O) groups is 1. The summed E-state index contributed by atoms with van der Waals surface area (Å²) in [6.07, 6.45) is 0.953. The van der Waals surface area contributed by atoms with E-state index in [0.29, 0.717) is 19.5 Å². The summed E-state index contributed by atoms with van der Waals surface area (Å²) in [4.78, 5) is 13.4. The van der Waals surface area contributed by atoms with Gasteiger partial charge in [0.25, 0.3) is 0 Å². The molecule has 0 fully saturated rings. The second-order valence-corrected chi connectivity index (χ2v) is 4.89.